The van der Waals surface area contributed by atoms with Gasteiger partial charge in [0.1, 0.15) is 11.9 Å². The molecule has 0 saturated carbocycles. The molecular weight excluding hydrogens is 382 g/mol. The van der Waals surface area contributed by atoms with Gasteiger partial charge < -0.3 is 4.74 Å². The van der Waals surface area contributed by atoms with E-state index in [-0.39, 0.29) is 48.7 Å². The van der Waals surface area contributed by atoms with Crippen LogP contribution in [0.15, 0.2) is 47.5 Å². The Labute approximate surface area is 162 Å². The lowest BCUT2D eigenvalue weighted by molar-refractivity contribution is -0.121. The van der Waals surface area contributed by atoms with Crippen LogP contribution in [0, 0.1) is 6.92 Å². The molecule has 2 saturated heterocycles. The number of ether oxygens (including phenoxy) is 1. The van der Waals surface area contributed by atoms with Crippen molar-refractivity contribution in [1.82, 2.24) is 9.29 Å². The first kappa shape index (κ1) is 18.6. The van der Waals surface area contributed by atoms with Gasteiger partial charge in [-0.1, -0.05) is 0 Å². The summed E-state index contributed by atoms with van der Waals surface area (Å²) >= 11 is 0. The molecule has 8 nitrogen and oxygen atoms in total. The van der Waals surface area contributed by atoms with Crippen LogP contribution in [0.5, 0.6) is 5.75 Å². The molecule has 4 rings (SSSR count). The zero-order chi connectivity index (χ0) is 19.9. The number of amides is 2. The second-order valence-corrected chi connectivity index (χ2v) is 8.75. The molecule has 3 heterocycles. The maximum absolute atomic E-state index is 12.7. The second-order valence-electron chi connectivity index (χ2n) is 6.81. The summed E-state index contributed by atoms with van der Waals surface area (Å²) in [6.07, 6.45) is 1.81. The van der Waals surface area contributed by atoms with Crippen molar-refractivity contribution >= 4 is 27.5 Å². The maximum Gasteiger partial charge on any atom is 0.243 e. The van der Waals surface area contributed by atoms with E-state index >= 15 is 0 Å². The molecule has 2 amide bonds. The number of aromatic nitrogens is 1. The minimum Gasteiger partial charge on any atom is -0.488 e. The number of carbonyl (C=O) groups is 2. The summed E-state index contributed by atoms with van der Waals surface area (Å²) in [6.45, 7) is 2.38. The lowest BCUT2D eigenvalue weighted by atomic mass is 10.2. The number of rotatable bonds is 5. The van der Waals surface area contributed by atoms with Crippen LogP contribution in [0.4, 0.5) is 5.69 Å². The molecule has 0 spiro atoms. The smallest absolute Gasteiger partial charge is 0.243 e. The number of pyridine rings is 1. The van der Waals surface area contributed by atoms with Gasteiger partial charge >= 0.3 is 0 Å². The first-order valence-electron chi connectivity index (χ1n) is 8.90. The maximum atomic E-state index is 12.7. The fourth-order valence-electron chi connectivity index (χ4n) is 3.24. The standard InChI is InChI=1S/C19H19N3O5S/c1-13-10-15(8-9-20-13)27-16-11-21(12-16)28(25,26)17-4-2-14(3-5-17)22-18(23)6-7-19(22)24/h2-5,8-10,16H,6-7,11-12H2,1H3. The predicted molar refractivity (Wildman–Crippen MR) is 100 cm³/mol. The molecule has 2 aliphatic rings. The first-order valence-corrected chi connectivity index (χ1v) is 10.3. The van der Waals surface area contributed by atoms with Gasteiger partial charge in [-0.05, 0) is 37.3 Å². The summed E-state index contributed by atoms with van der Waals surface area (Å²) in [6, 6.07) is 9.36. The molecule has 2 aliphatic heterocycles. The van der Waals surface area contributed by atoms with E-state index in [1.165, 1.54) is 28.6 Å². The highest BCUT2D eigenvalue weighted by Crippen LogP contribution is 2.28. The highest BCUT2D eigenvalue weighted by atomic mass is 32.2. The Morgan fingerprint density at radius 1 is 1.04 bits per heavy atom. The summed E-state index contributed by atoms with van der Waals surface area (Å²) < 4.78 is 32.6. The number of anilines is 1. The van der Waals surface area contributed by atoms with Gasteiger partial charge in [0.05, 0.1) is 23.7 Å². The summed E-state index contributed by atoms with van der Waals surface area (Å²) in [7, 11) is -3.65. The van der Waals surface area contributed by atoms with Crippen molar-refractivity contribution in [3.63, 3.8) is 0 Å². The van der Waals surface area contributed by atoms with E-state index in [0.717, 1.165) is 10.6 Å². The number of imide groups is 1. The fraction of sp³-hybridized carbons (Fsp3) is 0.316. The quantitative estimate of drug-likeness (QED) is 0.705. The third-order valence-corrected chi connectivity index (χ3v) is 6.62. The highest BCUT2D eigenvalue weighted by molar-refractivity contribution is 7.89. The highest BCUT2D eigenvalue weighted by Gasteiger charge is 2.38. The Balaban J connectivity index is 1.42. The van der Waals surface area contributed by atoms with E-state index < -0.39 is 10.0 Å². The van der Waals surface area contributed by atoms with Crippen molar-refractivity contribution in [2.45, 2.75) is 30.8 Å². The zero-order valence-corrected chi connectivity index (χ0v) is 16.1. The van der Waals surface area contributed by atoms with Gasteiger partial charge in [0.2, 0.25) is 21.8 Å². The number of nitrogens with zero attached hydrogens (tertiary/aromatic N) is 3. The third kappa shape index (κ3) is 3.38. The number of carbonyl (C=O) groups excluding carboxylic acids is 2. The number of hydrogen-bond donors (Lipinski definition) is 0. The molecule has 0 N–H and O–H groups in total. The molecule has 1 aromatic heterocycles. The fourth-order valence-corrected chi connectivity index (χ4v) is 4.74. The molecule has 0 bridgehead atoms. The number of hydrogen-bond acceptors (Lipinski definition) is 6. The minimum atomic E-state index is -3.65. The van der Waals surface area contributed by atoms with Crippen molar-refractivity contribution in [2.24, 2.45) is 0 Å². The molecule has 0 atom stereocenters. The summed E-state index contributed by atoms with van der Waals surface area (Å²) in [5.41, 5.74) is 1.22. The van der Waals surface area contributed by atoms with E-state index in [4.69, 9.17) is 4.74 Å². The van der Waals surface area contributed by atoms with Gasteiger partial charge in [-0.3, -0.25) is 19.5 Å². The molecule has 2 aromatic rings. The van der Waals surface area contributed by atoms with Crippen LogP contribution in [0.25, 0.3) is 0 Å². The Morgan fingerprint density at radius 3 is 2.29 bits per heavy atom. The van der Waals surface area contributed by atoms with Crippen molar-refractivity contribution in [2.75, 3.05) is 18.0 Å². The Hall–Kier alpha value is -2.78. The first-order chi connectivity index (χ1) is 13.3. The van der Waals surface area contributed by atoms with E-state index in [0.29, 0.717) is 11.4 Å². The molecule has 0 aliphatic carbocycles. The molecule has 2 fully saturated rings. The molecule has 9 heteroatoms. The van der Waals surface area contributed by atoms with Crippen LogP contribution in [-0.2, 0) is 19.6 Å². The van der Waals surface area contributed by atoms with Crippen molar-refractivity contribution in [3.05, 3.63) is 48.3 Å². The summed E-state index contributed by atoms with van der Waals surface area (Å²) in [5, 5.41) is 0. The van der Waals surface area contributed by atoms with Crippen LogP contribution < -0.4 is 9.64 Å². The van der Waals surface area contributed by atoms with Gasteiger partial charge in [0, 0.05) is 30.8 Å². The normalized spacial score (nSPS) is 18.4. The molecule has 1 aromatic carbocycles. The Kier molecular flexibility index (Phi) is 4.64. The van der Waals surface area contributed by atoms with E-state index in [1.807, 2.05) is 6.92 Å². The summed E-state index contributed by atoms with van der Waals surface area (Å²) in [5.74, 6) is 0.128. The van der Waals surface area contributed by atoms with Crippen molar-refractivity contribution in [3.8, 4) is 5.75 Å². The van der Waals surface area contributed by atoms with Crippen molar-refractivity contribution < 1.29 is 22.7 Å². The SMILES string of the molecule is Cc1cc(OC2CN(S(=O)(=O)c3ccc(N4C(=O)CCC4=O)cc3)C2)ccn1. The summed E-state index contributed by atoms with van der Waals surface area (Å²) in [4.78, 5) is 28.9. The molecular formula is C19H19N3O5S. The molecule has 0 radical (unpaired) electrons. The van der Waals surface area contributed by atoms with Crippen LogP contribution >= 0.6 is 0 Å². The number of benzene rings is 1. The monoisotopic (exact) mass is 401 g/mol. The molecule has 0 unspecified atom stereocenters. The predicted octanol–water partition coefficient (Wildman–Crippen LogP) is 1.50. The van der Waals surface area contributed by atoms with Gasteiger partial charge in [-0.15, -0.1) is 0 Å². The molecule has 146 valence electrons. The van der Waals surface area contributed by atoms with E-state index in [1.54, 1.807) is 18.3 Å². The zero-order valence-electron chi connectivity index (χ0n) is 15.2. The van der Waals surface area contributed by atoms with Crippen LogP contribution in [-0.4, -0.2) is 48.7 Å². The number of aryl methyl sites for hydroxylation is 1. The third-order valence-electron chi connectivity index (χ3n) is 4.77. The van der Waals surface area contributed by atoms with Gasteiger partial charge in [0.25, 0.3) is 0 Å². The average Bonchev–Trinajstić information content (AvgIpc) is 2.96. The van der Waals surface area contributed by atoms with Gasteiger partial charge in [0.15, 0.2) is 0 Å². The van der Waals surface area contributed by atoms with Gasteiger partial charge in [-0.2, -0.15) is 4.31 Å². The van der Waals surface area contributed by atoms with Crippen LogP contribution in [0.1, 0.15) is 18.5 Å². The lowest BCUT2D eigenvalue weighted by Crippen LogP contribution is -2.55. The molecule has 28 heavy (non-hydrogen) atoms. The Bertz CT molecular complexity index is 1010. The topological polar surface area (TPSA) is 96.9 Å². The lowest BCUT2D eigenvalue weighted by Gasteiger charge is -2.37. The minimum absolute atomic E-state index is 0.119. The van der Waals surface area contributed by atoms with Crippen molar-refractivity contribution in [1.29, 1.82) is 0 Å². The van der Waals surface area contributed by atoms with Crippen LogP contribution in [0.2, 0.25) is 0 Å². The Morgan fingerprint density at radius 2 is 1.68 bits per heavy atom. The van der Waals surface area contributed by atoms with E-state index in [2.05, 4.69) is 4.98 Å². The van der Waals surface area contributed by atoms with Gasteiger partial charge in [-0.25, -0.2) is 8.42 Å². The van der Waals surface area contributed by atoms with E-state index in [9.17, 15) is 18.0 Å². The average molecular weight is 401 g/mol. The second kappa shape index (κ2) is 6.99. The largest absolute Gasteiger partial charge is 0.488 e. The van der Waals surface area contributed by atoms with Crippen LogP contribution in [0.3, 0.4) is 0 Å². The number of sulfonamides is 1.